The molecule has 86 valence electrons. The Hall–Kier alpha value is -0.810. The van der Waals surface area contributed by atoms with E-state index in [4.69, 9.17) is 5.73 Å². The van der Waals surface area contributed by atoms with Crippen LogP contribution in [0.5, 0.6) is 0 Å². The van der Waals surface area contributed by atoms with Crippen molar-refractivity contribution in [1.82, 2.24) is 10.9 Å². The maximum Gasteiger partial charge on any atom is 0.258 e. The first-order chi connectivity index (χ1) is 6.53. The van der Waals surface area contributed by atoms with Crippen molar-refractivity contribution in [3.05, 3.63) is 0 Å². The first-order valence-corrected chi connectivity index (χ1v) is 4.92. The highest BCUT2D eigenvalue weighted by molar-refractivity contribution is 5.91. The molecule has 2 rings (SSSR count). The van der Waals surface area contributed by atoms with Crippen molar-refractivity contribution in [2.75, 3.05) is 0 Å². The standard InChI is InChI=1S/C9H15N3O2.ClH/c1-5-4-6(5)7(13)11-12-8(14)9(10)2-3-9;/h5-6H,2-4,10H2,1H3,(H,11,13)(H,12,14);1H. The van der Waals surface area contributed by atoms with Gasteiger partial charge in [0.15, 0.2) is 0 Å². The second-order valence-electron chi connectivity index (χ2n) is 4.42. The van der Waals surface area contributed by atoms with E-state index in [0.29, 0.717) is 18.8 Å². The van der Waals surface area contributed by atoms with E-state index in [9.17, 15) is 9.59 Å². The zero-order valence-corrected chi connectivity index (χ0v) is 9.39. The third-order valence-electron chi connectivity index (χ3n) is 2.99. The van der Waals surface area contributed by atoms with Crippen LogP contribution >= 0.6 is 12.4 Å². The number of rotatable bonds is 2. The van der Waals surface area contributed by atoms with E-state index in [1.165, 1.54) is 0 Å². The van der Waals surface area contributed by atoms with Gasteiger partial charge in [-0.2, -0.15) is 0 Å². The molecule has 2 aliphatic carbocycles. The molecule has 15 heavy (non-hydrogen) atoms. The number of nitrogens with one attached hydrogen (secondary N) is 2. The lowest BCUT2D eigenvalue weighted by molar-refractivity contribution is -0.130. The average molecular weight is 234 g/mol. The minimum absolute atomic E-state index is 0. The zero-order valence-electron chi connectivity index (χ0n) is 8.58. The number of amides is 2. The zero-order chi connectivity index (χ0) is 10.3. The highest BCUT2D eigenvalue weighted by atomic mass is 35.5. The van der Waals surface area contributed by atoms with Gasteiger partial charge in [-0.3, -0.25) is 20.4 Å². The van der Waals surface area contributed by atoms with Gasteiger partial charge in [-0.1, -0.05) is 6.92 Å². The van der Waals surface area contributed by atoms with Crippen LogP contribution in [0.4, 0.5) is 0 Å². The number of hydrazine groups is 1. The molecule has 2 fully saturated rings. The molecule has 0 aliphatic heterocycles. The summed E-state index contributed by atoms with van der Waals surface area (Å²) in [7, 11) is 0. The molecular formula is C9H16ClN3O2. The van der Waals surface area contributed by atoms with E-state index in [-0.39, 0.29) is 30.1 Å². The predicted molar refractivity (Wildman–Crippen MR) is 57.0 cm³/mol. The Morgan fingerprint density at radius 1 is 1.33 bits per heavy atom. The van der Waals surface area contributed by atoms with E-state index in [2.05, 4.69) is 10.9 Å². The highest BCUT2D eigenvalue weighted by Crippen LogP contribution is 2.37. The number of hydrogen-bond donors (Lipinski definition) is 3. The summed E-state index contributed by atoms with van der Waals surface area (Å²) in [5, 5.41) is 0. The Balaban J connectivity index is 0.00000112. The summed E-state index contributed by atoms with van der Waals surface area (Å²) < 4.78 is 0. The smallest absolute Gasteiger partial charge is 0.258 e. The SMILES string of the molecule is CC1CC1C(=O)NNC(=O)C1(N)CC1.Cl. The van der Waals surface area contributed by atoms with Gasteiger partial charge < -0.3 is 5.73 Å². The van der Waals surface area contributed by atoms with Crippen molar-refractivity contribution in [2.24, 2.45) is 17.6 Å². The summed E-state index contributed by atoms with van der Waals surface area (Å²) in [6.07, 6.45) is 2.32. The van der Waals surface area contributed by atoms with Crippen LogP contribution < -0.4 is 16.6 Å². The Morgan fingerprint density at radius 2 is 1.87 bits per heavy atom. The van der Waals surface area contributed by atoms with Gasteiger partial charge in [-0.05, 0) is 25.2 Å². The number of nitrogens with two attached hydrogens (primary N) is 1. The van der Waals surface area contributed by atoms with Gasteiger partial charge in [-0.15, -0.1) is 12.4 Å². The van der Waals surface area contributed by atoms with Gasteiger partial charge in [0, 0.05) is 5.92 Å². The summed E-state index contributed by atoms with van der Waals surface area (Å²) in [4.78, 5) is 22.6. The number of carbonyl (C=O) groups is 2. The number of hydrogen-bond acceptors (Lipinski definition) is 3. The van der Waals surface area contributed by atoms with Crippen molar-refractivity contribution in [2.45, 2.75) is 31.7 Å². The molecule has 2 unspecified atom stereocenters. The van der Waals surface area contributed by atoms with Crippen LogP contribution in [0.15, 0.2) is 0 Å². The summed E-state index contributed by atoms with van der Waals surface area (Å²) in [5.74, 6) is 0.136. The predicted octanol–water partition coefficient (Wildman–Crippen LogP) is -0.297. The molecule has 2 saturated carbocycles. The molecule has 0 heterocycles. The molecule has 0 radical (unpaired) electrons. The minimum Gasteiger partial charge on any atom is -0.317 e. The van der Waals surface area contributed by atoms with Crippen LogP contribution in [-0.4, -0.2) is 17.4 Å². The molecular weight excluding hydrogens is 218 g/mol. The summed E-state index contributed by atoms with van der Waals surface area (Å²) in [5.41, 5.74) is 9.68. The highest BCUT2D eigenvalue weighted by Gasteiger charge is 2.46. The number of halogens is 1. The molecule has 2 atom stereocenters. The van der Waals surface area contributed by atoms with Crippen LogP contribution in [-0.2, 0) is 9.59 Å². The van der Waals surface area contributed by atoms with Gasteiger partial charge in [0.05, 0.1) is 5.54 Å². The third kappa shape index (κ3) is 2.60. The van der Waals surface area contributed by atoms with E-state index in [1.54, 1.807) is 0 Å². The summed E-state index contributed by atoms with van der Waals surface area (Å²) in [6.45, 7) is 2.01. The third-order valence-corrected chi connectivity index (χ3v) is 2.99. The molecule has 5 nitrogen and oxygen atoms in total. The number of carbonyl (C=O) groups excluding carboxylic acids is 2. The Kier molecular flexibility index (Phi) is 3.25. The molecule has 0 saturated heterocycles. The second kappa shape index (κ2) is 3.98. The van der Waals surface area contributed by atoms with Crippen molar-refractivity contribution >= 4 is 24.2 Å². The molecule has 0 aromatic rings. The lowest BCUT2D eigenvalue weighted by atomic mass is 10.3. The van der Waals surface area contributed by atoms with Crippen LogP contribution in [0.2, 0.25) is 0 Å². The van der Waals surface area contributed by atoms with Crippen LogP contribution in [0.1, 0.15) is 26.2 Å². The lowest BCUT2D eigenvalue weighted by Gasteiger charge is -2.10. The Bertz CT molecular complexity index is 291. The minimum atomic E-state index is -0.720. The molecule has 0 spiro atoms. The maximum absolute atomic E-state index is 11.3. The van der Waals surface area contributed by atoms with Crippen LogP contribution in [0.25, 0.3) is 0 Å². The largest absolute Gasteiger partial charge is 0.317 e. The Labute approximate surface area is 94.5 Å². The van der Waals surface area contributed by atoms with Crippen LogP contribution in [0, 0.1) is 11.8 Å². The van der Waals surface area contributed by atoms with Gasteiger partial charge in [0.1, 0.15) is 0 Å². The van der Waals surface area contributed by atoms with E-state index >= 15 is 0 Å². The molecule has 6 heteroatoms. The first kappa shape index (κ1) is 12.3. The molecule has 0 aromatic carbocycles. The van der Waals surface area contributed by atoms with Gasteiger partial charge in [-0.25, -0.2) is 0 Å². The van der Waals surface area contributed by atoms with Crippen molar-refractivity contribution in [3.63, 3.8) is 0 Å². The quantitative estimate of drug-likeness (QED) is 0.573. The first-order valence-electron chi connectivity index (χ1n) is 4.92. The summed E-state index contributed by atoms with van der Waals surface area (Å²) >= 11 is 0. The van der Waals surface area contributed by atoms with Gasteiger partial charge in [0.25, 0.3) is 5.91 Å². The lowest BCUT2D eigenvalue weighted by Crippen LogP contribution is -2.51. The van der Waals surface area contributed by atoms with Crippen molar-refractivity contribution < 1.29 is 9.59 Å². The monoisotopic (exact) mass is 233 g/mol. The molecule has 4 N–H and O–H groups in total. The molecule has 2 aliphatic rings. The van der Waals surface area contributed by atoms with Crippen molar-refractivity contribution in [1.29, 1.82) is 0 Å². The molecule has 0 bridgehead atoms. The fraction of sp³-hybridized carbons (Fsp3) is 0.778. The van der Waals surface area contributed by atoms with Gasteiger partial charge >= 0.3 is 0 Å². The van der Waals surface area contributed by atoms with E-state index in [0.717, 1.165) is 6.42 Å². The van der Waals surface area contributed by atoms with E-state index in [1.807, 2.05) is 6.92 Å². The van der Waals surface area contributed by atoms with Crippen LogP contribution in [0.3, 0.4) is 0 Å². The summed E-state index contributed by atoms with van der Waals surface area (Å²) in [6, 6.07) is 0. The topological polar surface area (TPSA) is 84.2 Å². The fourth-order valence-corrected chi connectivity index (χ4v) is 1.38. The fourth-order valence-electron chi connectivity index (χ4n) is 1.38. The molecule has 0 aromatic heterocycles. The van der Waals surface area contributed by atoms with Crippen molar-refractivity contribution in [3.8, 4) is 0 Å². The maximum atomic E-state index is 11.3. The average Bonchev–Trinajstić information content (AvgIpc) is 3.01. The van der Waals surface area contributed by atoms with Gasteiger partial charge in [0.2, 0.25) is 5.91 Å². The normalized spacial score (nSPS) is 29.7. The Morgan fingerprint density at radius 3 is 2.27 bits per heavy atom. The second-order valence-corrected chi connectivity index (χ2v) is 4.42. The van der Waals surface area contributed by atoms with E-state index < -0.39 is 5.54 Å². The molecule has 2 amide bonds.